The molecule has 0 amide bonds. The van der Waals surface area contributed by atoms with Gasteiger partial charge in [-0.2, -0.15) is 0 Å². The van der Waals surface area contributed by atoms with Gasteiger partial charge in [0.1, 0.15) is 0 Å². The summed E-state index contributed by atoms with van der Waals surface area (Å²) in [5.74, 6) is 0. The first-order valence-corrected chi connectivity index (χ1v) is 6.51. The third kappa shape index (κ3) is 1.33. The molecule has 1 rings (SSSR count). The molecule has 0 radical (unpaired) electrons. The Morgan fingerprint density at radius 1 is 1.50 bits per heavy atom. The molecule has 0 saturated carbocycles. The van der Waals surface area contributed by atoms with Crippen molar-refractivity contribution in [3.05, 3.63) is 0 Å². The van der Waals surface area contributed by atoms with Crippen molar-refractivity contribution in [3.63, 3.8) is 0 Å². The molecule has 1 nitrogen and oxygen atoms in total. The second kappa shape index (κ2) is 2.64. The second-order valence-corrected chi connectivity index (χ2v) is 6.24. The highest BCUT2D eigenvalue weighted by atomic mass is 28.3. The molecule has 0 aromatic heterocycles. The summed E-state index contributed by atoms with van der Waals surface area (Å²) in [5.41, 5.74) is 0.954. The van der Waals surface area contributed by atoms with Crippen molar-refractivity contribution in [1.29, 1.82) is 0 Å². The first kappa shape index (κ1) is 6.30. The lowest BCUT2D eigenvalue weighted by Gasteiger charge is -2.11. The summed E-state index contributed by atoms with van der Waals surface area (Å²) in [5, 5.41) is 3.52. The fraction of sp³-hybridized carbons (Fsp3) is 1.00. The van der Waals surface area contributed by atoms with Gasteiger partial charge >= 0.3 is 0 Å². The highest BCUT2D eigenvalue weighted by molar-refractivity contribution is 6.57. The van der Waals surface area contributed by atoms with Gasteiger partial charge in [0, 0.05) is 0 Å². The van der Waals surface area contributed by atoms with Crippen LogP contribution in [0, 0.1) is 0 Å². The Bertz CT molecular complexity index is 66.9. The Kier molecular flexibility index (Phi) is 2.08. The van der Waals surface area contributed by atoms with Crippen LogP contribution < -0.4 is 5.32 Å². The van der Waals surface area contributed by atoms with E-state index in [1.165, 1.54) is 19.4 Å². The molecule has 0 aromatic carbocycles. The number of hydrogen-bond acceptors (Lipinski definition) is 1. The van der Waals surface area contributed by atoms with Gasteiger partial charge in [0.2, 0.25) is 0 Å². The van der Waals surface area contributed by atoms with Crippen molar-refractivity contribution in [2.45, 2.75) is 31.6 Å². The molecule has 2 heteroatoms. The number of nitrogens with one attached hydrogen (secondary N) is 1. The van der Waals surface area contributed by atoms with Crippen LogP contribution in [0.3, 0.4) is 0 Å². The zero-order valence-corrected chi connectivity index (χ0v) is 6.93. The van der Waals surface area contributed by atoms with E-state index in [9.17, 15) is 0 Å². The third-order valence-electron chi connectivity index (χ3n) is 1.90. The largest absolute Gasteiger partial charge is 0.317 e. The van der Waals surface area contributed by atoms with Gasteiger partial charge in [-0.25, -0.2) is 0 Å². The first-order chi connectivity index (χ1) is 3.80. The second-order valence-electron chi connectivity index (χ2n) is 2.95. The van der Waals surface area contributed by atoms with Gasteiger partial charge < -0.3 is 5.32 Å². The molecular formula is C6H15NSi. The van der Waals surface area contributed by atoms with E-state index in [1.807, 2.05) is 0 Å². The van der Waals surface area contributed by atoms with Crippen LogP contribution in [0.4, 0.5) is 0 Å². The zero-order valence-electron chi connectivity index (χ0n) is 5.78. The summed E-state index contributed by atoms with van der Waals surface area (Å²) in [6.45, 7) is 6.11. The van der Waals surface area contributed by atoms with Crippen molar-refractivity contribution in [3.8, 4) is 0 Å². The van der Waals surface area contributed by atoms with E-state index in [0.717, 1.165) is 5.67 Å². The molecule has 0 spiro atoms. The highest BCUT2D eigenvalue weighted by Crippen LogP contribution is 2.07. The van der Waals surface area contributed by atoms with E-state index >= 15 is 0 Å². The van der Waals surface area contributed by atoms with Crippen LogP contribution in [0.1, 0.15) is 12.8 Å². The van der Waals surface area contributed by atoms with Crippen molar-refractivity contribution in [2.24, 2.45) is 0 Å². The average molecular weight is 129 g/mol. The minimum atomic E-state index is -0.334. The topological polar surface area (TPSA) is 12.0 Å². The van der Waals surface area contributed by atoms with Gasteiger partial charge in [-0.05, 0) is 25.1 Å². The summed E-state index contributed by atoms with van der Waals surface area (Å²) < 4.78 is 0. The number of rotatable bonds is 1. The van der Waals surface area contributed by atoms with E-state index < -0.39 is 0 Å². The summed E-state index contributed by atoms with van der Waals surface area (Å²) in [4.78, 5) is 0. The lowest BCUT2D eigenvalue weighted by molar-refractivity contribution is 0.777. The summed E-state index contributed by atoms with van der Waals surface area (Å²) in [6.07, 6.45) is 2.86. The van der Waals surface area contributed by atoms with Gasteiger partial charge in [-0.15, -0.1) is 0 Å². The van der Waals surface area contributed by atoms with Gasteiger partial charge in [-0.1, -0.05) is 13.1 Å². The predicted octanol–water partition coefficient (Wildman–Crippen LogP) is 0.764. The van der Waals surface area contributed by atoms with E-state index in [0.29, 0.717) is 0 Å². The van der Waals surface area contributed by atoms with E-state index in [-0.39, 0.29) is 8.80 Å². The molecule has 1 atom stereocenters. The first-order valence-electron chi connectivity index (χ1n) is 3.54. The third-order valence-corrected chi connectivity index (χ3v) is 4.08. The Hall–Kier alpha value is 0.177. The summed E-state index contributed by atoms with van der Waals surface area (Å²) in [7, 11) is -0.334. The van der Waals surface area contributed by atoms with Crippen molar-refractivity contribution in [2.75, 3.05) is 6.54 Å². The van der Waals surface area contributed by atoms with Crippen LogP contribution in [0.2, 0.25) is 13.1 Å². The zero-order chi connectivity index (χ0) is 5.98. The minimum Gasteiger partial charge on any atom is -0.317 e. The van der Waals surface area contributed by atoms with Crippen molar-refractivity contribution >= 4 is 8.80 Å². The standard InChI is InChI=1S/C6H15NSi/c1-8(2)6-4-3-5-7-6/h6-8H,3-5H2,1-2H3. The maximum atomic E-state index is 3.52. The average Bonchev–Trinajstić information content (AvgIpc) is 2.12. The SMILES string of the molecule is C[SiH](C)C1CCCN1. The maximum Gasteiger partial charge on any atom is 0.0505 e. The van der Waals surface area contributed by atoms with Crippen LogP contribution >= 0.6 is 0 Å². The molecule has 48 valence electrons. The molecule has 0 aliphatic carbocycles. The molecule has 8 heavy (non-hydrogen) atoms. The van der Waals surface area contributed by atoms with Crippen LogP contribution in [-0.4, -0.2) is 21.0 Å². The van der Waals surface area contributed by atoms with Gasteiger partial charge in [0.05, 0.1) is 8.80 Å². The van der Waals surface area contributed by atoms with Crippen LogP contribution in [0.15, 0.2) is 0 Å². The van der Waals surface area contributed by atoms with E-state index in [2.05, 4.69) is 18.4 Å². The maximum absolute atomic E-state index is 3.52. The van der Waals surface area contributed by atoms with Crippen molar-refractivity contribution < 1.29 is 0 Å². The normalized spacial score (nSPS) is 29.6. The molecule has 1 unspecified atom stereocenters. The molecular weight excluding hydrogens is 114 g/mol. The van der Waals surface area contributed by atoms with Crippen LogP contribution in [0.5, 0.6) is 0 Å². The molecule has 1 N–H and O–H groups in total. The Labute approximate surface area is 53.1 Å². The lowest BCUT2D eigenvalue weighted by atomic mass is 10.4. The van der Waals surface area contributed by atoms with Crippen LogP contribution in [0.25, 0.3) is 0 Å². The molecule has 1 fully saturated rings. The lowest BCUT2D eigenvalue weighted by Crippen LogP contribution is -2.33. The van der Waals surface area contributed by atoms with E-state index in [1.54, 1.807) is 0 Å². The Balaban J connectivity index is 2.24. The van der Waals surface area contributed by atoms with Crippen LogP contribution in [-0.2, 0) is 0 Å². The summed E-state index contributed by atoms with van der Waals surface area (Å²) >= 11 is 0. The summed E-state index contributed by atoms with van der Waals surface area (Å²) in [6, 6.07) is 0. The molecule has 0 bridgehead atoms. The predicted molar refractivity (Wildman–Crippen MR) is 39.9 cm³/mol. The van der Waals surface area contributed by atoms with Gasteiger partial charge in [-0.3, -0.25) is 0 Å². The molecule has 1 heterocycles. The number of hydrogen-bond donors (Lipinski definition) is 1. The quantitative estimate of drug-likeness (QED) is 0.516. The van der Waals surface area contributed by atoms with Gasteiger partial charge in [0.15, 0.2) is 0 Å². The van der Waals surface area contributed by atoms with Gasteiger partial charge in [0.25, 0.3) is 0 Å². The molecule has 1 aliphatic rings. The molecule has 0 aromatic rings. The Morgan fingerprint density at radius 2 is 2.25 bits per heavy atom. The molecule has 1 saturated heterocycles. The fourth-order valence-electron chi connectivity index (χ4n) is 1.28. The van der Waals surface area contributed by atoms with Crippen molar-refractivity contribution in [1.82, 2.24) is 5.32 Å². The monoisotopic (exact) mass is 129 g/mol. The highest BCUT2D eigenvalue weighted by Gasteiger charge is 2.17. The minimum absolute atomic E-state index is 0.334. The van der Waals surface area contributed by atoms with E-state index in [4.69, 9.17) is 0 Å². The molecule has 1 aliphatic heterocycles. The Morgan fingerprint density at radius 3 is 2.50 bits per heavy atom. The smallest absolute Gasteiger partial charge is 0.0505 e. The fourth-order valence-corrected chi connectivity index (χ4v) is 2.82.